The second kappa shape index (κ2) is 6.78. The van der Waals surface area contributed by atoms with Crippen molar-refractivity contribution in [2.75, 3.05) is 7.11 Å². The number of halogens is 2. The van der Waals surface area contributed by atoms with Gasteiger partial charge >= 0.3 is 5.97 Å². The van der Waals surface area contributed by atoms with Gasteiger partial charge in [-0.25, -0.2) is 9.79 Å². The van der Waals surface area contributed by atoms with Gasteiger partial charge in [-0.3, -0.25) is 0 Å². The van der Waals surface area contributed by atoms with Crippen LogP contribution in [0.2, 0.25) is 0 Å². The predicted octanol–water partition coefficient (Wildman–Crippen LogP) is 4.27. The molecule has 24 heavy (non-hydrogen) atoms. The molecule has 7 heteroatoms. The van der Waals surface area contributed by atoms with Crippen LogP contribution in [0.4, 0.5) is 0 Å². The summed E-state index contributed by atoms with van der Waals surface area (Å²) in [6, 6.07) is 10.8. The van der Waals surface area contributed by atoms with Crippen LogP contribution in [0.15, 0.2) is 56.0 Å². The fourth-order valence-corrected chi connectivity index (χ4v) is 3.64. The number of nitrogens with zero attached hydrogens (tertiary/aromatic N) is 1. The van der Waals surface area contributed by atoms with Crippen LogP contribution in [0.25, 0.3) is 6.08 Å². The van der Waals surface area contributed by atoms with E-state index in [9.17, 15) is 9.90 Å². The molecule has 1 aliphatic heterocycles. The lowest BCUT2D eigenvalue weighted by molar-refractivity contribution is -0.129. The van der Waals surface area contributed by atoms with Crippen LogP contribution in [-0.4, -0.2) is 24.1 Å². The van der Waals surface area contributed by atoms with Gasteiger partial charge in [0, 0.05) is 11.1 Å². The Bertz CT molecular complexity index is 876. The first-order chi connectivity index (χ1) is 11.5. The molecule has 0 amide bonds. The summed E-state index contributed by atoms with van der Waals surface area (Å²) >= 11 is 6.63. The number of carbonyl (C=O) groups is 1. The summed E-state index contributed by atoms with van der Waals surface area (Å²) in [4.78, 5) is 16.2. The Hall–Kier alpha value is -2.12. The summed E-state index contributed by atoms with van der Waals surface area (Å²) < 4.78 is 11.4. The number of carbonyl (C=O) groups excluding carboxylic acids is 1. The van der Waals surface area contributed by atoms with E-state index in [4.69, 9.17) is 9.47 Å². The van der Waals surface area contributed by atoms with Crippen LogP contribution in [-0.2, 0) is 9.53 Å². The van der Waals surface area contributed by atoms with Crippen LogP contribution in [0.1, 0.15) is 11.1 Å². The summed E-state index contributed by atoms with van der Waals surface area (Å²) in [6.07, 6.45) is 1.46. The first-order valence-corrected chi connectivity index (χ1v) is 8.42. The van der Waals surface area contributed by atoms with Gasteiger partial charge in [-0.1, -0.05) is 18.2 Å². The lowest BCUT2D eigenvalue weighted by Crippen LogP contribution is -2.04. The molecule has 1 N–H and O–H groups in total. The minimum atomic E-state index is -0.573. The molecule has 0 saturated carbocycles. The third-order valence-electron chi connectivity index (χ3n) is 3.32. The van der Waals surface area contributed by atoms with Gasteiger partial charge in [0.1, 0.15) is 10.2 Å². The highest BCUT2D eigenvalue weighted by Crippen LogP contribution is 2.42. The van der Waals surface area contributed by atoms with Crippen molar-refractivity contribution >= 4 is 49.8 Å². The third-order valence-corrected chi connectivity index (χ3v) is 4.64. The number of methoxy groups -OCH3 is 1. The molecule has 1 aliphatic rings. The summed E-state index contributed by atoms with van der Waals surface area (Å²) in [5.74, 6) is 0.0603. The van der Waals surface area contributed by atoms with Gasteiger partial charge in [0.25, 0.3) is 0 Å². The maximum absolute atomic E-state index is 12.0. The molecule has 2 aromatic rings. The number of hydrogen-bond acceptors (Lipinski definition) is 5. The Labute approximate surface area is 154 Å². The third kappa shape index (κ3) is 3.09. The summed E-state index contributed by atoms with van der Waals surface area (Å²) in [6.45, 7) is 0. The number of cyclic esters (lactones) is 1. The monoisotopic (exact) mass is 451 g/mol. The molecule has 0 aromatic heterocycles. The number of benzene rings is 2. The highest BCUT2D eigenvalue weighted by Gasteiger charge is 2.25. The molecular weight excluding hydrogens is 442 g/mol. The number of aliphatic imine (C=N–C) groups is 1. The van der Waals surface area contributed by atoms with E-state index < -0.39 is 5.97 Å². The average Bonchev–Trinajstić information content (AvgIpc) is 2.94. The molecule has 0 atom stereocenters. The van der Waals surface area contributed by atoms with Crippen LogP contribution >= 0.6 is 31.9 Å². The smallest absolute Gasteiger partial charge is 0.363 e. The van der Waals surface area contributed by atoms with Crippen molar-refractivity contribution in [1.29, 1.82) is 0 Å². The second-order valence-corrected chi connectivity index (χ2v) is 6.49. The van der Waals surface area contributed by atoms with Crippen LogP contribution in [0.3, 0.4) is 0 Å². The topological polar surface area (TPSA) is 68.1 Å². The molecule has 5 nitrogen and oxygen atoms in total. The van der Waals surface area contributed by atoms with Gasteiger partial charge in [-0.2, -0.15) is 0 Å². The summed E-state index contributed by atoms with van der Waals surface area (Å²) in [5.41, 5.74) is 1.21. The SMILES string of the molecule is COc1c(Br)cc(/C=C2\N=C(c3ccccc3)OC2=O)c(O)c1Br. The van der Waals surface area contributed by atoms with E-state index in [0.29, 0.717) is 25.8 Å². The highest BCUT2D eigenvalue weighted by molar-refractivity contribution is 9.11. The zero-order valence-corrected chi connectivity index (χ0v) is 15.6. The van der Waals surface area contributed by atoms with E-state index in [1.807, 2.05) is 18.2 Å². The van der Waals surface area contributed by atoms with Crippen molar-refractivity contribution in [1.82, 2.24) is 0 Å². The average molecular weight is 453 g/mol. The van der Waals surface area contributed by atoms with Crippen molar-refractivity contribution < 1.29 is 19.4 Å². The van der Waals surface area contributed by atoms with Crippen LogP contribution < -0.4 is 4.74 Å². The number of hydrogen-bond donors (Lipinski definition) is 1. The predicted molar refractivity (Wildman–Crippen MR) is 97.1 cm³/mol. The van der Waals surface area contributed by atoms with Crippen molar-refractivity contribution in [3.63, 3.8) is 0 Å². The molecule has 0 radical (unpaired) electrons. The number of phenols is 1. The van der Waals surface area contributed by atoms with Gasteiger partial charge in [-0.15, -0.1) is 0 Å². The zero-order valence-electron chi connectivity index (χ0n) is 12.4. The number of phenolic OH excluding ortho intramolecular Hbond substituents is 1. The molecule has 0 spiro atoms. The van der Waals surface area contributed by atoms with Crippen LogP contribution in [0, 0.1) is 0 Å². The quantitative estimate of drug-likeness (QED) is 0.557. The van der Waals surface area contributed by atoms with E-state index in [2.05, 4.69) is 36.9 Å². The first-order valence-electron chi connectivity index (χ1n) is 6.84. The molecule has 0 saturated heterocycles. The van der Waals surface area contributed by atoms with Crippen molar-refractivity contribution in [2.24, 2.45) is 4.99 Å². The summed E-state index contributed by atoms with van der Waals surface area (Å²) in [7, 11) is 1.49. The molecule has 0 unspecified atom stereocenters. The Morgan fingerprint density at radius 3 is 2.62 bits per heavy atom. The molecular formula is C17H11Br2NO4. The molecule has 0 aliphatic carbocycles. The zero-order chi connectivity index (χ0) is 17.3. The number of rotatable bonds is 3. The minimum Gasteiger partial charge on any atom is -0.506 e. The lowest BCUT2D eigenvalue weighted by Gasteiger charge is -2.10. The van der Waals surface area contributed by atoms with E-state index in [0.717, 1.165) is 0 Å². The number of aromatic hydroxyl groups is 1. The van der Waals surface area contributed by atoms with E-state index in [-0.39, 0.29) is 17.3 Å². The minimum absolute atomic E-state index is 0.0567. The Morgan fingerprint density at radius 1 is 1.25 bits per heavy atom. The Morgan fingerprint density at radius 2 is 1.96 bits per heavy atom. The van der Waals surface area contributed by atoms with Gasteiger partial charge < -0.3 is 14.6 Å². The van der Waals surface area contributed by atoms with Gasteiger partial charge in [0.2, 0.25) is 5.90 Å². The molecule has 122 valence electrons. The van der Waals surface area contributed by atoms with Gasteiger partial charge in [-0.05, 0) is 56.1 Å². The van der Waals surface area contributed by atoms with Crippen molar-refractivity contribution in [2.45, 2.75) is 0 Å². The molecule has 3 rings (SSSR count). The highest BCUT2D eigenvalue weighted by atomic mass is 79.9. The number of esters is 1. The largest absolute Gasteiger partial charge is 0.506 e. The van der Waals surface area contributed by atoms with E-state index >= 15 is 0 Å². The Balaban J connectivity index is 2.03. The summed E-state index contributed by atoms with van der Waals surface area (Å²) in [5, 5.41) is 10.3. The Kier molecular flexibility index (Phi) is 4.73. The lowest BCUT2D eigenvalue weighted by atomic mass is 10.1. The maximum atomic E-state index is 12.0. The van der Waals surface area contributed by atoms with Crippen LogP contribution in [0.5, 0.6) is 11.5 Å². The molecule has 1 heterocycles. The fourth-order valence-electron chi connectivity index (χ4n) is 2.17. The normalized spacial score (nSPS) is 15.4. The fraction of sp³-hybridized carbons (Fsp3) is 0.0588. The van der Waals surface area contributed by atoms with E-state index in [1.165, 1.54) is 13.2 Å². The van der Waals surface area contributed by atoms with Crippen molar-refractivity contribution in [3.05, 3.63) is 62.2 Å². The van der Waals surface area contributed by atoms with Gasteiger partial charge in [0.05, 0.1) is 11.6 Å². The standard InChI is InChI=1S/C17H11Br2NO4/c1-23-15-11(18)7-10(14(21)13(15)19)8-12-17(22)24-16(20-12)9-5-3-2-4-6-9/h2-8,21H,1H3/b12-8-. The first kappa shape index (κ1) is 16.7. The van der Waals surface area contributed by atoms with Crippen molar-refractivity contribution in [3.8, 4) is 11.5 Å². The molecule has 0 fully saturated rings. The number of ether oxygens (including phenoxy) is 2. The second-order valence-electron chi connectivity index (χ2n) is 4.85. The van der Waals surface area contributed by atoms with E-state index in [1.54, 1.807) is 18.2 Å². The molecule has 2 aromatic carbocycles. The maximum Gasteiger partial charge on any atom is 0.363 e. The van der Waals surface area contributed by atoms with Gasteiger partial charge in [0.15, 0.2) is 11.4 Å². The molecule has 0 bridgehead atoms.